The zero-order valence-electron chi connectivity index (χ0n) is 11.8. The number of anilines is 1. The van der Waals surface area contributed by atoms with E-state index in [2.05, 4.69) is 25.6 Å². The zero-order valence-corrected chi connectivity index (χ0v) is 12.6. The summed E-state index contributed by atoms with van der Waals surface area (Å²) in [5, 5.41) is 6.22. The van der Waals surface area contributed by atoms with Gasteiger partial charge >= 0.3 is 0 Å². The minimum atomic E-state index is -0.265. The number of aromatic nitrogens is 3. The Kier molecular flexibility index (Phi) is 5.57. The fraction of sp³-hybridized carbons (Fsp3) is 0.357. The number of aryl methyl sites for hydroxylation is 1. The van der Waals surface area contributed by atoms with Gasteiger partial charge in [0.25, 0.3) is 5.91 Å². The Labute approximate surface area is 128 Å². The number of pyridine rings is 1. The number of aromatic amines is 1. The van der Waals surface area contributed by atoms with Crippen LogP contribution in [0.1, 0.15) is 29.7 Å². The van der Waals surface area contributed by atoms with Crippen molar-refractivity contribution in [1.29, 1.82) is 0 Å². The highest BCUT2D eigenvalue weighted by molar-refractivity contribution is 6.33. The highest BCUT2D eigenvalue weighted by Crippen LogP contribution is 2.16. The Balaban J connectivity index is 1.86. The summed E-state index contributed by atoms with van der Waals surface area (Å²) in [5.74, 6) is 1.29. The molecule has 3 N–H and O–H groups in total. The number of hydrogen-bond donors (Lipinski definition) is 3. The maximum atomic E-state index is 12.1. The van der Waals surface area contributed by atoms with Gasteiger partial charge in [-0.1, -0.05) is 11.6 Å². The van der Waals surface area contributed by atoms with Gasteiger partial charge in [-0.2, -0.15) is 0 Å². The van der Waals surface area contributed by atoms with Crippen molar-refractivity contribution in [3.05, 3.63) is 41.1 Å². The average molecular weight is 308 g/mol. The second-order valence-corrected chi connectivity index (χ2v) is 4.86. The van der Waals surface area contributed by atoms with Gasteiger partial charge in [0.05, 0.1) is 5.02 Å². The molecule has 0 aliphatic rings. The molecule has 0 atom stereocenters. The van der Waals surface area contributed by atoms with Crippen molar-refractivity contribution in [1.82, 2.24) is 20.3 Å². The molecule has 0 aliphatic carbocycles. The molecule has 2 rings (SSSR count). The molecule has 2 aromatic rings. The van der Waals surface area contributed by atoms with Crippen LogP contribution in [0.4, 0.5) is 5.82 Å². The van der Waals surface area contributed by atoms with Crippen LogP contribution in [0.3, 0.4) is 0 Å². The molecule has 0 saturated heterocycles. The standard InChI is InChI=1S/C14H18ClN5O/c1-2-16-12-6-5-10(15)13(20-12)14(21)19-7-3-4-11-17-8-9-18-11/h5-6,8-9H,2-4,7H2,1H3,(H,16,20)(H,17,18)(H,19,21). The third-order valence-electron chi connectivity index (χ3n) is 2.85. The van der Waals surface area contributed by atoms with E-state index in [9.17, 15) is 4.79 Å². The molecule has 0 bridgehead atoms. The van der Waals surface area contributed by atoms with Crippen LogP contribution in [0.25, 0.3) is 0 Å². The van der Waals surface area contributed by atoms with E-state index in [1.165, 1.54) is 0 Å². The summed E-state index contributed by atoms with van der Waals surface area (Å²) in [6, 6.07) is 3.42. The number of carbonyl (C=O) groups is 1. The largest absolute Gasteiger partial charge is 0.370 e. The lowest BCUT2D eigenvalue weighted by atomic mass is 10.3. The summed E-state index contributed by atoms with van der Waals surface area (Å²) < 4.78 is 0. The number of halogens is 1. The number of imidazole rings is 1. The first-order valence-corrected chi connectivity index (χ1v) is 7.25. The molecule has 0 unspecified atom stereocenters. The maximum absolute atomic E-state index is 12.1. The smallest absolute Gasteiger partial charge is 0.271 e. The minimum Gasteiger partial charge on any atom is -0.370 e. The first-order valence-electron chi connectivity index (χ1n) is 6.87. The maximum Gasteiger partial charge on any atom is 0.271 e. The van der Waals surface area contributed by atoms with E-state index in [0.717, 1.165) is 25.2 Å². The number of nitrogens with one attached hydrogen (secondary N) is 3. The Morgan fingerprint density at radius 1 is 1.43 bits per heavy atom. The second kappa shape index (κ2) is 7.64. The van der Waals surface area contributed by atoms with E-state index < -0.39 is 0 Å². The number of hydrogen-bond acceptors (Lipinski definition) is 4. The van der Waals surface area contributed by atoms with Crippen LogP contribution in [0, 0.1) is 0 Å². The molecule has 0 saturated carbocycles. The van der Waals surface area contributed by atoms with Crippen LogP contribution < -0.4 is 10.6 Å². The molecule has 21 heavy (non-hydrogen) atoms. The SMILES string of the molecule is CCNc1ccc(Cl)c(C(=O)NCCCc2ncc[nH]2)n1. The summed E-state index contributed by atoms with van der Waals surface area (Å²) >= 11 is 6.02. The van der Waals surface area contributed by atoms with Gasteiger partial charge in [-0.05, 0) is 25.5 Å². The first-order chi connectivity index (χ1) is 10.2. The lowest BCUT2D eigenvalue weighted by Gasteiger charge is -2.08. The molecular formula is C14H18ClN5O. The van der Waals surface area contributed by atoms with Gasteiger partial charge in [-0.25, -0.2) is 9.97 Å². The molecular weight excluding hydrogens is 290 g/mol. The Morgan fingerprint density at radius 3 is 3.00 bits per heavy atom. The van der Waals surface area contributed by atoms with Gasteiger partial charge < -0.3 is 15.6 Å². The second-order valence-electron chi connectivity index (χ2n) is 4.45. The van der Waals surface area contributed by atoms with Crippen molar-refractivity contribution in [3.63, 3.8) is 0 Å². The fourth-order valence-corrected chi connectivity index (χ4v) is 2.05. The highest BCUT2D eigenvalue weighted by atomic mass is 35.5. The van der Waals surface area contributed by atoms with Crippen LogP contribution in [-0.2, 0) is 6.42 Å². The average Bonchev–Trinajstić information content (AvgIpc) is 2.99. The fourth-order valence-electron chi connectivity index (χ4n) is 1.86. The Bertz CT molecular complexity index is 585. The summed E-state index contributed by atoms with van der Waals surface area (Å²) in [6.45, 7) is 3.24. The number of carbonyl (C=O) groups excluding carboxylic acids is 1. The molecule has 0 aromatic carbocycles. The molecule has 6 nitrogen and oxygen atoms in total. The molecule has 0 aliphatic heterocycles. The van der Waals surface area contributed by atoms with Crippen molar-refractivity contribution >= 4 is 23.3 Å². The molecule has 7 heteroatoms. The third kappa shape index (κ3) is 4.46. The van der Waals surface area contributed by atoms with Gasteiger partial charge in [-0.3, -0.25) is 4.79 Å². The highest BCUT2D eigenvalue weighted by Gasteiger charge is 2.12. The van der Waals surface area contributed by atoms with Gasteiger partial charge in [0.2, 0.25) is 0 Å². The predicted octanol–water partition coefficient (Wildman–Crippen LogP) is 2.25. The first kappa shape index (κ1) is 15.3. The van der Waals surface area contributed by atoms with Crippen molar-refractivity contribution in [3.8, 4) is 0 Å². The summed E-state index contributed by atoms with van der Waals surface area (Å²) in [4.78, 5) is 23.4. The molecule has 0 spiro atoms. The van der Waals surface area contributed by atoms with Crippen LogP contribution >= 0.6 is 11.6 Å². The van der Waals surface area contributed by atoms with Crippen LogP contribution in [0.5, 0.6) is 0 Å². The van der Waals surface area contributed by atoms with E-state index in [0.29, 0.717) is 17.4 Å². The number of rotatable bonds is 7. The Morgan fingerprint density at radius 2 is 2.29 bits per heavy atom. The van der Waals surface area contributed by atoms with Gasteiger partial charge in [0, 0.05) is 31.9 Å². The topological polar surface area (TPSA) is 82.7 Å². The molecule has 0 radical (unpaired) electrons. The number of amides is 1. The van der Waals surface area contributed by atoms with Gasteiger partial charge in [0.1, 0.15) is 17.3 Å². The van der Waals surface area contributed by atoms with Crippen molar-refractivity contribution < 1.29 is 4.79 Å². The van der Waals surface area contributed by atoms with E-state index in [1.54, 1.807) is 24.5 Å². The molecule has 2 aromatic heterocycles. The quantitative estimate of drug-likeness (QED) is 0.685. The van der Waals surface area contributed by atoms with Crippen LogP contribution in [-0.4, -0.2) is 33.9 Å². The summed E-state index contributed by atoms with van der Waals surface area (Å²) in [6.07, 6.45) is 5.07. The molecule has 1 amide bonds. The van der Waals surface area contributed by atoms with Crippen LogP contribution in [0.15, 0.2) is 24.5 Å². The van der Waals surface area contributed by atoms with Crippen LogP contribution in [0.2, 0.25) is 5.02 Å². The lowest BCUT2D eigenvalue weighted by molar-refractivity contribution is 0.0948. The molecule has 112 valence electrons. The van der Waals surface area contributed by atoms with E-state index >= 15 is 0 Å². The van der Waals surface area contributed by atoms with Crippen molar-refractivity contribution in [2.24, 2.45) is 0 Å². The zero-order chi connectivity index (χ0) is 15.1. The third-order valence-corrected chi connectivity index (χ3v) is 3.15. The van der Waals surface area contributed by atoms with E-state index in [-0.39, 0.29) is 11.6 Å². The van der Waals surface area contributed by atoms with E-state index in [4.69, 9.17) is 11.6 Å². The van der Waals surface area contributed by atoms with Gasteiger partial charge in [-0.15, -0.1) is 0 Å². The van der Waals surface area contributed by atoms with Gasteiger partial charge in [0.15, 0.2) is 0 Å². The normalized spacial score (nSPS) is 10.4. The number of nitrogens with zero attached hydrogens (tertiary/aromatic N) is 2. The van der Waals surface area contributed by atoms with E-state index in [1.807, 2.05) is 6.92 Å². The Hall–Kier alpha value is -2.08. The predicted molar refractivity (Wildman–Crippen MR) is 82.7 cm³/mol. The molecule has 0 fully saturated rings. The number of H-pyrrole nitrogens is 1. The summed E-state index contributed by atoms with van der Waals surface area (Å²) in [7, 11) is 0. The van der Waals surface area contributed by atoms with Crippen molar-refractivity contribution in [2.45, 2.75) is 19.8 Å². The summed E-state index contributed by atoms with van der Waals surface area (Å²) in [5.41, 5.74) is 0.244. The lowest BCUT2D eigenvalue weighted by Crippen LogP contribution is -2.26. The van der Waals surface area contributed by atoms with Crippen molar-refractivity contribution in [2.75, 3.05) is 18.4 Å². The molecule has 2 heterocycles. The minimum absolute atomic E-state index is 0.244. The monoisotopic (exact) mass is 307 g/mol.